The summed E-state index contributed by atoms with van der Waals surface area (Å²) in [4.78, 5) is 2.40. The molecule has 4 nitrogen and oxygen atoms in total. The third-order valence-corrected chi connectivity index (χ3v) is 3.55. The molecule has 1 atom stereocenters. The summed E-state index contributed by atoms with van der Waals surface area (Å²) in [5.41, 5.74) is 0.973. The topological polar surface area (TPSA) is 55.7 Å². The number of aromatic hydroxyl groups is 2. The van der Waals surface area contributed by atoms with Crippen LogP contribution in [0.3, 0.4) is 0 Å². The zero-order valence-electron chi connectivity index (χ0n) is 12.0. The summed E-state index contributed by atoms with van der Waals surface area (Å²) in [6, 6.07) is 5.08. The molecule has 0 bridgehead atoms. The fraction of sp³-hybridized carbons (Fsp3) is 0.467. The van der Waals surface area contributed by atoms with Gasteiger partial charge in [-0.05, 0) is 30.5 Å². The van der Waals surface area contributed by atoms with Gasteiger partial charge in [-0.3, -0.25) is 4.90 Å². The summed E-state index contributed by atoms with van der Waals surface area (Å²) >= 11 is 0. The van der Waals surface area contributed by atoms with Crippen molar-refractivity contribution < 1.29 is 10.2 Å². The van der Waals surface area contributed by atoms with Gasteiger partial charge in [0.25, 0.3) is 0 Å². The fourth-order valence-corrected chi connectivity index (χ4v) is 2.64. The van der Waals surface area contributed by atoms with Crippen molar-refractivity contribution in [2.75, 3.05) is 26.2 Å². The normalized spacial score (nSPS) is 16.4. The molecule has 0 unspecified atom stereocenters. The first kappa shape index (κ1) is 20.1. The molecule has 1 aliphatic rings. The van der Waals surface area contributed by atoms with Gasteiger partial charge in [0.15, 0.2) is 0 Å². The molecule has 1 aromatic carbocycles. The Hall–Kier alpha value is -0.940. The van der Waals surface area contributed by atoms with Gasteiger partial charge in [-0.25, -0.2) is 0 Å². The number of benzene rings is 1. The molecule has 1 fully saturated rings. The van der Waals surface area contributed by atoms with E-state index in [1.165, 1.54) is 6.07 Å². The van der Waals surface area contributed by atoms with E-state index in [2.05, 4.69) is 16.8 Å². The number of hydrogen-bond donors (Lipinski definition) is 3. The van der Waals surface area contributed by atoms with Crippen molar-refractivity contribution in [2.45, 2.75) is 18.9 Å². The van der Waals surface area contributed by atoms with Gasteiger partial charge in [0.05, 0.1) is 0 Å². The maximum atomic E-state index is 9.66. The highest BCUT2D eigenvalue weighted by Crippen LogP contribution is 2.31. The number of nitrogens with zero attached hydrogens (tertiary/aromatic N) is 1. The van der Waals surface area contributed by atoms with Crippen molar-refractivity contribution in [1.29, 1.82) is 0 Å². The lowest BCUT2D eigenvalue weighted by Crippen LogP contribution is -2.45. The van der Waals surface area contributed by atoms with E-state index >= 15 is 0 Å². The molecule has 0 spiro atoms. The number of phenols is 2. The number of phenolic OH excluding ortho intramolecular Hbond substituents is 2. The van der Waals surface area contributed by atoms with Crippen LogP contribution in [-0.4, -0.2) is 41.3 Å². The summed E-state index contributed by atoms with van der Waals surface area (Å²) in [7, 11) is 0. The second kappa shape index (κ2) is 9.90. The molecular weight excluding hydrogens is 311 g/mol. The Labute approximate surface area is 138 Å². The first-order valence-electron chi connectivity index (χ1n) is 6.79. The number of halogens is 2. The van der Waals surface area contributed by atoms with Crippen LogP contribution in [0.15, 0.2) is 30.9 Å². The van der Waals surface area contributed by atoms with Gasteiger partial charge < -0.3 is 15.5 Å². The molecule has 1 saturated heterocycles. The standard InChI is InChI=1S/C15H22N2O2.2ClH/c1-2-3-4-15(17-7-5-16-6-8-17)12-9-13(18)11-14(19)10-12;;/h2,9-11,15-16,18-19H,1,3-8H2;2*1H/t15-;;/m1../s1. The van der Waals surface area contributed by atoms with Crippen molar-refractivity contribution in [3.63, 3.8) is 0 Å². The van der Waals surface area contributed by atoms with Crippen LogP contribution in [0.4, 0.5) is 0 Å². The molecule has 0 radical (unpaired) electrons. The molecular formula is C15H24Cl2N2O2. The lowest BCUT2D eigenvalue weighted by Gasteiger charge is -2.35. The van der Waals surface area contributed by atoms with Crippen LogP contribution < -0.4 is 5.32 Å². The average Bonchev–Trinajstić information content (AvgIpc) is 2.39. The fourth-order valence-electron chi connectivity index (χ4n) is 2.64. The smallest absolute Gasteiger partial charge is 0.119 e. The molecule has 6 heteroatoms. The van der Waals surface area contributed by atoms with Crippen molar-refractivity contribution in [3.05, 3.63) is 36.4 Å². The number of rotatable bonds is 5. The summed E-state index contributed by atoms with van der Waals surface area (Å²) < 4.78 is 0. The van der Waals surface area contributed by atoms with Gasteiger partial charge in [-0.2, -0.15) is 0 Å². The monoisotopic (exact) mass is 334 g/mol. The van der Waals surface area contributed by atoms with E-state index in [9.17, 15) is 10.2 Å². The summed E-state index contributed by atoms with van der Waals surface area (Å²) in [6.45, 7) is 7.71. The van der Waals surface area contributed by atoms with E-state index in [4.69, 9.17) is 0 Å². The van der Waals surface area contributed by atoms with Crippen molar-refractivity contribution >= 4 is 24.8 Å². The lowest BCUT2D eigenvalue weighted by atomic mass is 9.99. The van der Waals surface area contributed by atoms with Crippen molar-refractivity contribution in [3.8, 4) is 11.5 Å². The van der Waals surface area contributed by atoms with E-state index in [-0.39, 0.29) is 42.4 Å². The number of hydrogen-bond acceptors (Lipinski definition) is 4. The van der Waals surface area contributed by atoms with Gasteiger partial charge in [0, 0.05) is 38.3 Å². The molecule has 1 heterocycles. The number of piperazine rings is 1. The molecule has 1 aliphatic heterocycles. The molecule has 1 aromatic rings. The van der Waals surface area contributed by atoms with E-state index in [1.807, 2.05) is 6.08 Å². The highest BCUT2D eigenvalue weighted by molar-refractivity contribution is 5.85. The van der Waals surface area contributed by atoms with Crippen LogP contribution in [0.5, 0.6) is 11.5 Å². The molecule has 2 rings (SSSR count). The van der Waals surface area contributed by atoms with Gasteiger partial charge in [-0.1, -0.05) is 6.08 Å². The lowest BCUT2D eigenvalue weighted by molar-refractivity contribution is 0.165. The zero-order valence-corrected chi connectivity index (χ0v) is 13.6. The summed E-state index contributed by atoms with van der Waals surface area (Å²) in [5, 5.41) is 22.7. The molecule has 120 valence electrons. The second-order valence-corrected chi connectivity index (χ2v) is 4.95. The average molecular weight is 335 g/mol. The Bertz CT molecular complexity index is 417. The van der Waals surface area contributed by atoms with Crippen molar-refractivity contribution in [1.82, 2.24) is 10.2 Å². The SMILES string of the molecule is C=CCC[C@H](c1cc(O)cc(O)c1)N1CCNCC1.Cl.Cl. The molecule has 21 heavy (non-hydrogen) atoms. The van der Waals surface area contributed by atoms with Crippen LogP contribution in [0, 0.1) is 0 Å². The third kappa shape index (κ3) is 5.75. The van der Waals surface area contributed by atoms with E-state index in [1.54, 1.807) is 12.1 Å². The molecule has 0 saturated carbocycles. The Morgan fingerprint density at radius 1 is 1.14 bits per heavy atom. The highest BCUT2D eigenvalue weighted by Gasteiger charge is 2.22. The van der Waals surface area contributed by atoms with Crippen LogP contribution in [0.2, 0.25) is 0 Å². The molecule has 3 N–H and O–H groups in total. The minimum Gasteiger partial charge on any atom is -0.508 e. The van der Waals surface area contributed by atoms with E-state index in [0.29, 0.717) is 0 Å². The maximum Gasteiger partial charge on any atom is 0.119 e. The van der Waals surface area contributed by atoms with Gasteiger partial charge >= 0.3 is 0 Å². The van der Waals surface area contributed by atoms with Crippen LogP contribution in [0.25, 0.3) is 0 Å². The van der Waals surface area contributed by atoms with Crippen molar-refractivity contribution in [2.24, 2.45) is 0 Å². The summed E-state index contributed by atoms with van der Waals surface area (Å²) in [5.74, 6) is 0.238. The van der Waals surface area contributed by atoms with Gasteiger partial charge in [0.1, 0.15) is 11.5 Å². The first-order chi connectivity index (χ1) is 9.20. The Balaban J connectivity index is 0.00000200. The van der Waals surface area contributed by atoms with Crippen LogP contribution in [0.1, 0.15) is 24.4 Å². The minimum atomic E-state index is 0. The van der Waals surface area contributed by atoms with Crippen LogP contribution >= 0.6 is 24.8 Å². The van der Waals surface area contributed by atoms with Gasteiger partial charge in [0.2, 0.25) is 0 Å². The Morgan fingerprint density at radius 2 is 1.71 bits per heavy atom. The number of nitrogens with one attached hydrogen (secondary N) is 1. The largest absolute Gasteiger partial charge is 0.508 e. The highest BCUT2D eigenvalue weighted by atomic mass is 35.5. The van der Waals surface area contributed by atoms with E-state index < -0.39 is 0 Å². The number of allylic oxidation sites excluding steroid dienone is 1. The zero-order chi connectivity index (χ0) is 13.7. The third-order valence-electron chi connectivity index (χ3n) is 3.55. The quantitative estimate of drug-likeness (QED) is 0.725. The van der Waals surface area contributed by atoms with Gasteiger partial charge in [-0.15, -0.1) is 31.4 Å². The van der Waals surface area contributed by atoms with Crippen LogP contribution in [-0.2, 0) is 0 Å². The second-order valence-electron chi connectivity index (χ2n) is 4.95. The summed E-state index contributed by atoms with van der Waals surface area (Å²) in [6.07, 6.45) is 3.79. The molecule has 0 aromatic heterocycles. The Kier molecular flexibility index (Phi) is 9.46. The Morgan fingerprint density at radius 3 is 2.24 bits per heavy atom. The van der Waals surface area contributed by atoms with E-state index in [0.717, 1.165) is 44.6 Å². The molecule has 0 aliphatic carbocycles. The maximum absolute atomic E-state index is 9.66. The minimum absolute atomic E-state index is 0. The first-order valence-corrected chi connectivity index (χ1v) is 6.79. The predicted molar refractivity (Wildman–Crippen MR) is 90.9 cm³/mol. The predicted octanol–water partition coefficient (Wildman–Crippen LogP) is 2.85. The molecule has 0 amide bonds.